The van der Waals surface area contributed by atoms with Crippen LogP contribution in [0.15, 0.2) is 4.30 Å². The zero-order valence-corrected chi connectivity index (χ0v) is 4.20. The Morgan fingerprint density at radius 3 is 2.83 bits per heavy atom. The molecule has 0 bridgehead atoms. The van der Waals surface area contributed by atoms with E-state index in [1.165, 1.54) is 0 Å². The third-order valence-corrected chi connectivity index (χ3v) is 0.597. The van der Waals surface area contributed by atoms with Crippen molar-refractivity contribution in [3.63, 3.8) is 0 Å². The number of nitrogens with zero attached hydrogens (tertiary/aromatic N) is 2. The molecule has 0 heterocycles. The first kappa shape index (κ1) is 5.70. The van der Waals surface area contributed by atoms with Crippen molar-refractivity contribution < 1.29 is 0 Å². The van der Waals surface area contributed by atoms with Crippen LogP contribution in [0.1, 0.15) is 0 Å². The Balaban J connectivity index is 2.92. The van der Waals surface area contributed by atoms with Gasteiger partial charge in [0.15, 0.2) is 0 Å². The molecule has 0 radical (unpaired) electrons. The summed E-state index contributed by atoms with van der Waals surface area (Å²) >= 11 is 0.883. The standard InChI is InChI=1S/C2H3BN2S/c1-3-5-6-2-4/h1H3. The van der Waals surface area contributed by atoms with E-state index in [-0.39, 0.29) is 0 Å². The molecule has 0 saturated heterocycles. The topological polar surface area (TPSA) is 36.1 Å². The molecule has 0 atom stereocenters. The van der Waals surface area contributed by atoms with E-state index < -0.39 is 0 Å². The molecule has 0 amide bonds. The van der Waals surface area contributed by atoms with E-state index in [4.69, 9.17) is 5.26 Å². The summed E-state index contributed by atoms with van der Waals surface area (Å²) in [6.07, 6.45) is 0. The van der Waals surface area contributed by atoms with Crippen LogP contribution in [0.3, 0.4) is 0 Å². The fraction of sp³-hybridized carbons (Fsp3) is 0.500. The molecule has 4 heteroatoms. The fourth-order valence-electron chi connectivity index (χ4n) is 0.0763. The monoisotopic (exact) mass is 98.0 g/mol. The van der Waals surface area contributed by atoms with Crippen molar-refractivity contribution in [2.45, 2.75) is 6.82 Å². The Labute approximate surface area is 41.6 Å². The summed E-state index contributed by atoms with van der Waals surface area (Å²) in [6, 6.07) is 0. The van der Waals surface area contributed by atoms with Crippen LogP contribution in [-0.4, -0.2) is 7.07 Å². The minimum atomic E-state index is 0.883. The van der Waals surface area contributed by atoms with Crippen LogP contribution in [0.5, 0.6) is 0 Å². The number of hydrogen-bond donors (Lipinski definition) is 0. The van der Waals surface area contributed by atoms with E-state index in [2.05, 4.69) is 4.30 Å². The van der Waals surface area contributed by atoms with Gasteiger partial charge in [0.05, 0.1) is 0 Å². The molecule has 0 unspecified atom stereocenters. The molecule has 0 aliphatic carbocycles. The maximum atomic E-state index is 7.80. The van der Waals surface area contributed by atoms with Crippen LogP contribution in [0.2, 0.25) is 6.82 Å². The summed E-state index contributed by atoms with van der Waals surface area (Å²) in [5.74, 6) is 0. The second-order valence-electron chi connectivity index (χ2n) is 0.546. The van der Waals surface area contributed by atoms with Crippen LogP contribution in [0, 0.1) is 10.7 Å². The Bertz CT molecular complexity index is 84.0. The molecule has 0 aliphatic rings. The Morgan fingerprint density at radius 1 is 2.00 bits per heavy atom. The van der Waals surface area contributed by atoms with Gasteiger partial charge in [-0.1, -0.05) is 0 Å². The first-order chi connectivity index (χ1) is 2.91. The van der Waals surface area contributed by atoms with Gasteiger partial charge in [0, 0.05) is 0 Å². The quantitative estimate of drug-likeness (QED) is 0.279. The van der Waals surface area contributed by atoms with Crippen molar-refractivity contribution in [3.05, 3.63) is 0 Å². The van der Waals surface area contributed by atoms with E-state index in [0.29, 0.717) is 0 Å². The van der Waals surface area contributed by atoms with Gasteiger partial charge in [-0.25, -0.2) is 0 Å². The van der Waals surface area contributed by atoms with E-state index in [1.807, 2.05) is 0 Å². The molecule has 0 N–H and O–H groups in total. The molecule has 0 saturated carbocycles. The van der Waals surface area contributed by atoms with Gasteiger partial charge < -0.3 is 0 Å². The van der Waals surface area contributed by atoms with E-state index in [1.54, 1.807) is 19.3 Å². The van der Waals surface area contributed by atoms with Gasteiger partial charge in [-0.15, -0.1) is 0 Å². The summed E-state index contributed by atoms with van der Waals surface area (Å²) in [5.41, 5.74) is 0. The van der Waals surface area contributed by atoms with Gasteiger partial charge in [0.2, 0.25) is 0 Å². The molecule has 30 valence electrons. The van der Waals surface area contributed by atoms with Crippen LogP contribution in [0.25, 0.3) is 0 Å². The molecule has 0 aromatic carbocycles. The van der Waals surface area contributed by atoms with Crippen molar-refractivity contribution >= 4 is 19.0 Å². The van der Waals surface area contributed by atoms with Crippen molar-refractivity contribution in [1.29, 1.82) is 5.26 Å². The summed E-state index contributed by atoms with van der Waals surface area (Å²) < 4.78 is 3.52. The molecular formula is C2H3BN2S. The van der Waals surface area contributed by atoms with Gasteiger partial charge in [-0.3, -0.25) is 0 Å². The van der Waals surface area contributed by atoms with Crippen molar-refractivity contribution in [2.75, 3.05) is 0 Å². The van der Waals surface area contributed by atoms with Crippen molar-refractivity contribution in [1.82, 2.24) is 0 Å². The van der Waals surface area contributed by atoms with Crippen LogP contribution in [0.4, 0.5) is 0 Å². The van der Waals surface area contributed by atoms with Gasteiger partial charge >= 0.3 is 40.8 Å². The number of thiocyanates is 1. The average Bonchev–Trinajstić information content (AvgIpc) is 1.61. The van der Waals surface area contributed by atoms with E-state index in [9.17, 15) is 0 Å². The zero-order chi connectivity index (χ0) is 4.83. The predicted octanol–water partition coefficient (Wildman–Crippen LogP) is 1.05. The van der Waals surface area contributed by atoms with Crippen molar-refractivity contribution in [2.24, 2.45) is 4.30 Å². The fourth-order valence-corrected chi connectivity index (χ4v) is 0.229. The molecule has 6 heavy (non-hydrogen) atoms. The molecular weight excluding hydrogens is 94.9 g/mol. The van der Waals surface area contributed by atoms with Gasteiger partial charge in [0.25, 0.3) is 0 Å². The molecule has 0 aliphatic heterocycles. The van der Waals surface area contributed by atoms with Crippen molar-refractivity contribution in [3.8, 4) is 5.40 Å². The SMILES string of the molecule is CB=NSC#N. The van der Waals surface area contributed by atoms with Crippen LogP contribution < -0.4 is 0 Å². The second-order valence-corrected chi connectivity index (χ2v) is 1.12. The Morgan fingerprint density at radius 2 is 2.67 bits per heavy atom. The second kappa shape index (κ2) is 4.70. The molecule has 0 rings (SSSR count). The minimum absolute atomic E-state index is 0.883. The number of hydrogen-bond acceptors (Lipinski definition) is 3. The third kappa shape index (κ3) is 3.70. The summed E-state index contributed by atoms with van der Waals surface area (Å²) in [4.78, 5) is 0. The van der Waals surface area contributed by atoms with Crippen LogP contribution >= 0.6 is 11.9 Å². The van der Waals surface area contributed by atoms with Gasteiger partial charge in [0.1, 0.15) is 0 Å². The Kier molecular flexibility index (Phi) is 4.47. The summed E-state index contributed by atoms with van der Waals surface area (Å²) in [5, 5.41) is 9.58. The molecule has 0 aromatic heterocycles. The maximum absolute atomic E-state index is 7.80. The molecule has 2 nitrogen and oxygen atoms in total. The third-order valence-electron chi connectivity index (χ3n) is 0.199. The summed E-state index contributed by atoms with van der Waals surface area (Å²) in [6.45, 7) is 1.77. The average molecular weight is 97.9 g/mol. The molecule has 0 spiro atoms. The first-order valence-corrected chi connectivity index (χ1v) is 2.22. The Hall–Kier alpha value is -0.295. The number of nitriles is 1. The van der Waals surface area contributed by atoms with Crippen LogP contribution in [-0.2, 0) is 0 Å². The normalized spacial score (nSPS) is 7.33. The van der Waals surface area contributed by atoms with Gasteiger partial charge in [-0.05, 0) is 0 Å². The molecule has 0 fully saturated rings. The zero-order valence-electron chi connectivity index (χ0n) is 3.38. The predicted molar refractivity (Wildman–Crippen MR) is 27.2 cm³/mol. The number of rotatable bonds is 1. The molecule has 0 aromatic rings. The van der Waals surface area contributed by atoms with E-state index >= 15 is 0 Å². The first-order valence-electron chi connectivity index (χ1n) is 1.45. The van der Waals surface area contributed by atoms with E-state index in [0.717, 1.165) is 11.9 Å². The van der Waals surface area contributed by atoms with Gasteiger partial charge in [-0.2, -0.15) is 0 Å². The summed E-state index contributed by atoms with van der Waals surface area (Å²) in [7, 11) is 1.58.